The molecule has 0 unspecified atom stereocenters. The van der Waals surface area contributed by atoms with Crippen LogP contribution in [0.2, 0.25) is 0 Å². The summed E-state index contributed by atoms with van der Waals surface area (Å²) in [4.78, 5) is 39.1. The highest BCUT2D eigenvalue weighted by molar-refractivity contribution is 7.89. The lowest BCUT2D eigenvalue weighted by Crippen LogP contribution is -2.50. The highest BCUT2D eigenvalue weighted by Crippen LogP contribution is 2.37. The molecule has 2 N–H and O–H groups in total. The van der Waals surface area contributed by atoms with E-state index in [1.165, 1.54) is 4.31 Å². The number of carbonyl (C=O) groups is 3. The van der Waals surface area contributed by atoms with Gasteiger partial charge in [-0.1, -0.05) is 31.9 Å². The molecule has 2 heterocycles. The number of benzene rings is 1. The van der Waals surface area contributed by atoms with Gasteiger partial charge in [0.2, 0.25) is 15.9 Å². The minimum absolute atomic E-state index is 0.176. The van der Waals surface area contributed by atoms with Crippen LogP contribution in [0.5, 0.6) is 0 Å². The first-order chi connectivity index (χ1) is 16.2. The summed E-state index contributed by atoms with van der Waals surface area (Å²) < 4.78 is 27.0. The van der Waals surface area contributed by atoms with Gasteiger partial charge in [0.05, 0.1) is 4.90 Å². The lowest BCUT2D eigenvalue weighted by molar-refractivity contribution is -0.136. The Morgan fingerprint density at radius 1 is 1.09 bits per heavy atom. The number of nitrogens with zero attached hydrogens (tertiary/aromatic N) is 2. The third kappa shape index (κ3) is 4.98. The van der Waals surface area contributed by atoms with Crippen LogP contribution in [0, 0.1) is 5.92 Å². The molecule has 186 valence electrons. The number of piperidine rings is 1. The number of hydrogen-bond donors (Lipinski definition) is 2. The van der Waals surface area contributed by atoms with E-state index in [-0.39, 0.29) is 23.9 Å². The zero-order chi connectivity index (χ0) is 24.3. The number of imide groups is 1. The Morgan fingerprint density at radius 3 is 2.35 bits per heavy atom. The van der Waals surface area contributed by atoms with Gasteiger partial charge in [-0.2, -0.15) is 4.31 Å². The van der Waals surface area contributed by atoms with Crippen molar-refractivity contribution in [3.63, 3.8) is 0 Å². The predicted octanol–water partition coefficient (Wildman–Crippen LogP) is 2.37. The first kappa shape index (κ1) is 24.7. The summed E-state index contributed by atoms with van der Waals surface area (Å²) in [5.41, 5.74) is -0.129. The maximum Gasteiger partial charge on any atom is 0.325 e. The number of nitrogens with one attached hydrogen (secondary N) is 2. The van der Waals surface area contributed by atoms with Gasteiger partial charge in [0, 0.05) is 19.6 Å². The molecular formula is C24H34N4O5S. The number of sulfonamides is 1. The zero-order valence-corrected chi connectivity index (χ0v) is 20.5. The van der Waals surface area contributed by atoms with Crippen molar-refractivity contribution >= 4 is 27.9 Å². The molecule has 4 rings (SSSR count). The number of urea groups is 1. The van der Waals surface area contributed by atoms with E-state index in [4.69, 9.17) is 0 Å². The van der Waals surface area contributed by atoms with Crippen molar-refractivity contribution in [3.05, 3.63) is 29.8 Å². The number of carbonyl (C=O) groups excluding carboxylic acids is 3. The van der Waals surface area contributed by atoms with Crippen LogP contribution in [0.25, 0.3) is 0 Å². The molecule has 9 nitrogen and oxygen atoms in total. The maximum atomic E-state index is 13.0. The Labute approximate surface area is 201 Å². The second kappa shape index (κ2) is 10.0. The van der Waals surface area contributed by atoms with E-state index in [1.807, 2.05) is 0 Å². The molecule has 34 heavy (non-hydrogen) atoms. The van der Waals surface area contributed by atoms with Crippen molar-refractivity contribution in [1.29, 1.82) is 0 Å². The van der Waals surface area contributed by atoms with Crippen molar-refractivity contribution in [2.45, 2.75) is 75.3 Å². The summed E-state index contributed by atoms with van der Waals surface area (Å²) in [6, 6.07) is 5.94. The zero-order valence-electron chi connectivity index (χ0n) is 19.7. The maximum absolute atomic E-state index is 13.0. The first-order valence-corrected chi connectivity index (χ1v) is 13.7. The van der Waals surface area contributed by atoms with Crippen molar-refractivity contribution in [3.8, 4) is 0 Å². The summed E-state index contributed by atoms with van der Waals surface area (Å²) in [5, 5.41) is 5.56. The third-order valence-corrected chi connectivity index (χ3v) is 9.36. The average molecular weight is 491 g/mol. The van der Waals surface area contributed by atoms with E-state index in [1.54, 1.807) is 24.3 Å². The molecule has 1 aromatic carbocycles. The van der Waals surface area contributed by atoms with Gasteiger partial charge in [-0.05, 0) is 62.1 Å². The van der Waals surface area contributed by atoms with Crippen LogP contribution in [0.3, 0.4) is 0 Å². The molecule has 1 aliphatic carbocycles. The van der Waals surface area contributed by atoms with E-state index >= 15 is 0 Å². The van der Waals surface area contributed by atoms with E-state index in [9.17, 15) is 22.8 Å². The Morgan fingerprint density at radius 2 is 1.74 bits per heavy atom. The molecular weight excluding hydrogens is 456 g/mol. The molecule has 2 saturated heterocycles. The fourth-order valence-corrected chi connectivity index (χ4v) is 6.69. The molecule has 1 spiro atoms. The standard InChI is InChI=1S/C24H34N4O5S/c1-2-18-10-12-24(13-11-18)22(30)28(23(31)26-24)17-21(29)25-16-19-6-8-20(9-7-19)34(32,33)27-14-4-3-5-15-27/h6-9,18H,2-5,10-17H2,1H3,(H,25,29)(H,26,31). The molecule has 3 fully saturated rings. The van der Waals surface area contributed by atoms with Gasteiger partial charge in [-0.15, -0.1) is 0 Å². The lowest BCUT2D eigenvalue weighted by atomic mass is 9.75. The number of hydrogen-bond acceptors (Lipinski definition) is 5. The normalized spacial score (nSPS) is 26.0. The van der Waals surface area contributed by atoms with Crippen molar-refractivity contribution in [2.75, 3.05) is 19.6 Å². The molecule has 0 radical (unpaired) electrons. The Kier molecular flexibility index (Phi) is 7.28. The second-order valence-electron chi connectivity index (χ2n) is 9.64. The van der Waals surface area contributed by atoms with Crippen molar-refractivity contribution < 1.29 is 22.8 Å². The molecule has 10 heteroatoms. The Hall–Kier alpha value is -2.46. The van der Waals surface area contributed by atoms with Crippen LogP contribution in [0.15, 0.2) is 29.2 Å². The quantitative estimate of drug-likeness (QED) is 0.570. The van der Waals surface area contributed by atoms with Gasteiger partial charge in [0.25, 0.3) is 5.91 Å². The van der Waals surface area contributed by atoms with Crippen LogP contribution in [0.1, 0.15) is 63.9 Å². The summed E-state index contributed by atoms with van der Waals surface area (Å²) in [7, 11) is -3.50. The topological polar surface area (TPSA) is 116 Å². The van der Waals surface area contributed by atoms with E-state index in [2.05, 4.69) is 17.6 Å². The first-order valence-electron chi connectivity index (χ1n) is 12.2. The molecule has 1 aromatic rings. The van der Waals surface area contributed by atoms with Gasteiger partial charge >= 0.3 is 6.03 Å². The smallest absolute Gasteiger partial charge is 0.325 e. The summed E-state index contributed by atoms with van der Waals surface area (Å²) >= 11 is 0. The molecule has 0 bridgehead atoms. The Balaban J connectivity index is 1.30. The van der Waals surface area contributed by atoms with E-state index in [0.29, 0.717) is 31.8 Å². The van der Waals surface area contributed by atoms with Gasteiger partial charge in [0.1, 0.15) is 12.1 Å². The minimum Gasteiger partial charge on any atom is -0.350 e. The molecule has 3 aliphatic rings. The molecule has 4 amide bonds. The van der Waals surface area contributed by atoms with Gasteiger partial charge in [-0.25, -0.2) is 13.2 Å². The largest absolute Gasteiger partial charge is 0.350 e. The van der Waals surface area contributed by atoms with Crippen LogP contribution in [0.4, 0.5) is 4.79 Å². The molecule has 0 aromatic heterocycles. The Bertz CT molecular complexity index is 1030. The summed E-state index contributed by atoms with van der Waals surface area (Å²) in [5.74, 6) is -0.170. The van der Waals surface area contributed by atoms with Crippen molar-refractivity contribution in [1.82, 2.24) is 19.8 Å². The molecule has 2 aliphatic heterocycles. The van der Waals surface area contributed by atoms with Crippen molar-refractivity contribution in [2.24, 2.45) is 5.92 Å². The number of rotatable bonds is 7. The van der Waals surface area contributed by atoms with Crippen LogP contribution in [-0.2, 0) is 26.2 Å². The third-order valence-electron chi connectivity index (χ3n) is 7.45. The summed E-state index contributed by atoms with van der Waals surface area (Å²) in [6.07, 6.45) is 6.88. The SMILES string of the molecule is CCC1CCC2(CC1)NC(=O)N(CC(=O)NCc1ccc(S(=O)(=O)N3CCCCC3)cc1)C2=O. The number of amides is 4. The van der Waals surface area contributed by atoms with E-state index < -0.39 is 27.5 Å². The van der Waals surface area contributed by atoms with Gasteiger partial charge < -0.3 is 10.6 Å². The van der Waals surface area contributed by atoms with Crippen LogP contribution >= 0.6 is 0 Å². The minimum atomic E-state index is -3.50. The highest BCUT2D eigenvalue weighted by Gasteiger charge is 2.52. The van der Waals surface area contributed by atoms with Gasteiger partial charge in [-0.3, -0.25) is 14.5 Å². The highest BCUT2D eigenvalue weighted by atomic mass is 32.2. The molecule has 0 atom stereocenters. The lowest BCUT2D eigenvalue weighted by Gasteiger charge is -2.34. The molecule has 1 saturated carbocycles. The fourth-order valence-electron chi connectivity index (χ4n) is 5.17. The predicted molar refractivity (Wildman–Crippen MR) is 126 cm³/mol. The van der Waals surface area contributed by atoms with Gasteiger partial charge in [0.15, 0.2) is 0 Å². The van der Waals surface area contributed by atoms with Crippen LogP contribution < -0.4 is 10.6 Å². The second-order valence-corrected chi connectivity index (χ2v) is 11.6. The fraction of sp³-hybridized carbons (Fsp3) is 0.625. The van der Waals surface area contributed by atoms with E-state index in [0.717, 1.165) is 49.0 Å². The average Bonchev–Trinajstić information content (AvgIpc) is 3.08. The monoisotopic (exact) mass is 490 g/mol. The van der Waals surface area contributed by atoms with Crippen LogP contribution in [-0.4, -0.2) is 60.6 Å². The summed E-state index contributed by atoms with van der Waals surface area (Å²) in [6.45, 7) is 3.07.